The van der Waals surface area contributed by atoms with Crippen LogP contribution < -0.4 is 14.2 Å². The molecule has 0 fully saturated rings. The number of ether oxygens (including phenoxy) is 3. The van der Waals surface area contributed by atoms with Gasteiger partial charge in [0.05, 0.1) is 18.6 Å². The first-order valence-electron chi connectivity index (χ1n) is 5.75. The van der Waals surface area contributed by atoms with Crippen LogP contribution in [0.15, 0.2) is 6.07 Å². The smallest absolute Gasteiger partial charge is 0.304 e. The van der Waals surface area contributed by atoms with Crippen molar-refractivity contribution in [2.45, 2.75) is 25.7 Å². The van der Waals surface area contributed by atoms with Gasteiger partial charge < -0.3 is 19.3 Å². The van der Waals surface area contributed by atoms with Gasteiger partial charge in [0.1, 0.15) is 5.75 Å². The van der Waals surface area contributed by atoms with Crippen molar-refractivity contribution in [3.8, 4) is 17.2 Å². The highest BCUT2D eigenvalue weighted by Crippen LogP contribution is 2.51. The molecule has 0 atom stereocenters. The van der Waals surface area contributed by atoms with Gasteiger partial charge in [0.15, 0.2) is 11.5 Å². The number of carboxylic acids is 1. The molecule has 1 heterocycles. The molecule has 6 heteroatoms. The van der Waals surface area contributed by atoms with Crippen LogP contribution in [0.25, 0.3) is 0 Å². The fraction of sp³-hybridized carbons (Fsp3) is 0.462. The average Bonchev–Trinajstić information content (AvgIpc) is 2.72. The van der Waals surface area contributed by atoms with Crippen LogP contribution in [-0.2, 0) is 10.2 Å². The van der Waals surface area contributed by atoms with Crippen molar-refractivity contribution in [3.63, 3.8) is 0 Å². The molecule has 1 aromatic rings. The molecular formula is C13H15ClO5. The third-order valence-electron chi connectivity index (χ3n) is 3.04. The molecule has 0 radical (unpaired) electrons. The van der Waals surface area contributed by atoms with Gasteiger partial charge in [-0.15, -0.1) is 0 Å². The normalized spacial score (nSPS) is 13.5. The van der Waals surface area contributed by atoms with Crippen LogP contribution in [0.2, 0.25) is 5.02 Å². The molecule has 0 unspecified atom stereocenters. The number of carbonyl (C=O) groups is 1. The number of aliphatic carboxylic acids is 1. The summed E-state index contributed by atoms with van der Waals surface area (Å²) in [5.41, 5.74) is -0.0720. The molecule has 1 aromatic carbocycles. The summed E-state index contributed by atoms with van der Waals surface area (Å²) in [6.45, 7) is 3.70. The number of halogens is 1. The van der Waals surface area contributed by atoms with Crippen molar-refractivity contribution in [1.82, 2.24) is 0 Å². The molecule has 0 aromatic heterocycles. The van der Waals surface area contributed by atoms with Crippen LogP contribution in [0.1, 0.15) is 25.8 Å². The van der Waals surface area contributed by atoms with Crippen LogP contribution in [0.4, 0.5) is 0 Å². The summed E-state index contributed by atoms with van der Waals surface area (Å²) in [6.07, 6.45) is -0.0699. The van der Waals surface area contributed by atoms with Crippen molar-refractivity contribution in [2.24, 2.45) is 0 Å². The van der Waals surface area contributed by atoms with E-state index < -0.39 is 11.4 Å². The minimum absolute atomic E-state index is 0.0699. The Bertz CT molecular complexity index is 521. The predicted molar refractivity (Wildman–Crippen MR) is 69.4 cm³/mol. The standard InChI is InChI=1S/C13H15ClO5/c1-13(2,5-9(15)16)10-11(17-3)7(14)4-8-12(10)19-6-18-8/h4H,5-6H2,1-3H3,(H,15,16). The first kappa shape index (κ1) is 13.8. The number of hydrogen-bond donors (Lipinski definition) is 1. The second kappa shape index (κ2) is 4.81. The molecule has 1 aliphatic heterocycles. The molecule has 0 saturated carbocycles. The average molecular weight is 287 g/mol. The Morgan fingerprint density at radius 1 is 1.53 bits per heavy atom. The van der Waals surface area contributed by atoms with Crippen molar-refractivity contribution < 1.29 is 24.1 Å². The maximum atomic E-state index is 11.0. The summed E-state index contributed by atoms with van der Waals surface area (Å²) in [6, 6.07) is 1.61. The lowest BCUT2D eigenvalue weighted by Crippen LogP contribution is -2.23. The van der Waals surface area contributed by atoms with Gasteiger partial charge in [-0.3, -0.25) is 4.79 Å². The maximum absolute atomic E-state index is 11.0. The van der Waals surface area contributed by atoms with E-state index in [1.54, 1.807) is 19.9 Å². The van der Waals surface area contributed by atoms with Crippen LogP contribution in [-0.4, -0.2) is 25.0 Å². The molecule has 0 amide bonds. The Balaban J connectivity index is 2.63. The number of methoxy groups -OCH3 is 1. The van der Waals surface area contributed by atoms with Crippen molar-refractivity contribution in [1.29, 1.82) is 0 Å². The van der Waals surface area contributed by atoms with E-state index in [1.165, 1.54) is 7.11 Å². The molecule has 1 N–H and O–H groups in total. The highest BCUT2D eigenvalue weighted by molar-refractivity contribution is 6.32. The summed E-state index contributed by atoms with van der Waals surface area (Å²) in [4.78, 5) is 11.0. The van der Waals surface area contributed by atoms with Gasteiger partial charge in [-0.1, -0.05) is 25.4 Å². The zero-order valence-electron chi connectivity index (χ0n) is 10.9. The van der Waals surface area contributed by atoms with Crippen LogP contribution in [0.5, 0.6) is 17.2 Å². The number of hydrogen-bond acceptors (Lipinski definition) is 4. The van der Waals surface area contributed by atoms with Crippen molar-refractivity contribution >= 4 is 17.6 Å². The second-order valence-electron chi connectivity index (χ2n) is 4.95. The van der Waals surface area contributed by atoms with Gasteiger partial charge in [0.2, 0.25) is 6.79 Å². The summed E-state index contributed by atoms with van der Waals surface area (Å²) in [7, 11) is 1.49. The van der Waals surface area contributed by atoms with Crippen LogP contribution in [0.3, 0.4) is 0 Å². The van der Waals surface area contributed by atoms with Crippen LogP contribution in [0, 0.1) is 0 Å². The van der Waals surface area contributed by atoms with Gasteiger partial charge in [-0.25, -0.2) is 0 Å². The lowest BCUT2D eigenvalue weighted by Gasteiger charge is -2.27. The molecule has 0 spiro atoms. The summed E-state index contributed by atoms with van der Waals surface area (Å²) < 4.78 is 16.1. The fourth-order valence-corrected chi connectivity index (χ4v) is 2.55. The molecule has 1 aliphatic rings. The fourth-order valence-electron chi connectivity index (χ4n) is 2.28. The SMILES string of the molecule is COc1c(Cl)cc2c(c1C(C)(C)CC(=O)O)OCO2. The Labute approximate surface area is 116 Å². The van der Waals surface area contributed by atoms with Crippen LogP contribution >= 0.6 is 11.6 Å². The molecule has 104 valence electrons. The van der Waals surface area contributed by atoms with E-state index in [9.17, 15) is 4.79 Å². The van der Waals surface area contributed by atoms with Gasteiger partial charge in [-0.2, -0.15) is 0 Å². The Morgan fingerprint density at radius 3 is 2.79 bits per heavy atom. The number of fused-ring (bicyclic) bond motifs is 1. The monoisotopic (exact) mass is 286 g/mol. The third kappa shape index (κ3) is 2.42. The zero-order valence-corrected chi connectivity index (χ0v) is 11.7. The predicted octanol–water partition coefficient (Wildman–Crippen LogP) is 2.83. The second-order valence-corrected chi connectivity index (χ2v) is 5.36. The van der Waals surface area contributed by atoms with E-state index in [-0.39, 0.29) is 13.2 Å². The largest absolute Gasteiger partial charge is 0.495 e. The number of benzene rings is 1. The van der Waals surface area contributed by atoms with E-state index in [2.05, 4.69) is 0 Å². The summed E-state index contributed by atoms with van der Waals surface area (Å²) in [5, 5.41) is 9.42. The Morgan fingerprint density at radius 2 is 2.21 bits per heavy atom. The Kier molecular flexibility index (Phi) is 3.49. The number of carboxylic acid groups (broad SMARTS) is 1. The van der Waals surface area contributed by atoms with E-state index >= 15 is 0 Å². The van der Waals surface area contributed by atoms with E-state index in [0.717, 1.165) is 0 Å². The summed E-state index contributed by atoms with van der Waals surface area (Å²) in [5.74, 6) is 0.545. The zero-order chi connectivity index (χ0) is 14.2. The lowest BCUT2D eigenvalue weighted by molar-refractivity contribution is -0.138. The first-order valence-corrected chi connectivity index (χ1v) is 6.13. The lowest BCUT2D eigenvalue weighted by atomic mass is 9.80. The molecular weight excluding hydrogens is 272 g/mol. The van der Waals surface area contributed by atoms with E-state index in [4.69, 9.17) is 30.9 Å². The molecule has 2 rings (SSSR count). The maximum Gasteiger partial charge on any atom is 0.304 e. The first-order chi connectivity index (χ1) is 8.86. The molecule has 0 bridgehead atoms. The van der Waals surface area contributed by atoms with Gasteiger partial charge in [0, 0.05) is 17.0 Å². The molecule has 0 aliphatic carbocycles. The van der Waals surface area contributed by atoms with Gasteiger partial charge in [-0.05, 0) is 0 Å². The van der Waals surface area contributed by atoms with Crippen molar-refractivity contribution in [3.05, 3.63) is 16.7 Å². The van der Waals surface area contributed by atoms with Gasteiger partial charge in [0.25, 0.3) is 0 Å². The highest BCUT2D eigenvalue weighted by atomic mass is 35.5. The third-order valence-corrected chi connectivity index (χ3v) is 3.33. The summed E-state index contributed by atoms with van der Waals surface area (Å²) >= 11 is 6.15. The van der Waals surface area contributed by atoms with Gasteiger partial charge >= 0.3 is 5.97 Å². The molecule has 19 heavy (non-hydrogen) atoms. The van der Waals surface area contributed by atoms with E-state index in [1.807, 2.05) is 0 Å². The minimum atomic E-state index is -0.903. The highest BCUT2D eigenvalue weighted by Gasteiger charge is 2.36. The molecule has 5 nitrogen and oxygen atoms in total. The van der Waals surface area contributed by atoms with Crippen molar-refractivity contribution in [2.75, 3.05) is 13.9 Å². The Hall–Kier alpha value is -1.62. The topological polar surface area (TPSA) is 65.0 Å². The van der Waals surface area contributed by atoms with E-state index in [0.29, 0.717) is 27.8 Å². The molecule has 0 saturated heterocycles. The minimum Gasteiger partial charge on any atom is -0.495 e. The quantitative estimate of drug-likeness (QED) is 0.922. The number of rotatable bonds is 4.